The zero-order chi connectivity index (χ0) is 9.97. The van der Waals surface area contributed by atoms with E-state index in [9.17, 15) is 4.39 Å². The van der Waals surface area contributed by atoms with Crippen LogP contribution in [0.2, 0.25) is 0 Å². The summed E-state index contributed by atoms with van der Waals surface area (Å²) >= 11 is 0. The first-order valence-electron chi connectivity index (χ1n) is 5.09. The molecule has 0 aliphatic heterocycles. The SMILES string of the molecule is CNC(c1cncc(F)c1)C1CCC1. The summed E-state index contributed by atoms with van der Waals surface area (Å²) in [4.78, 5) is 3.88. The first kappa shape index (κ1) is 9.59. The first-order valence-corrected chi connectivity index (χ1v) is 5.09. The number of rotatable bonds is 3. The van der Waals surface area contributed by atoms with Crippen LogP contribution in [0, 0.1) is 11.7 Å². The number of aromatic nitrogens is 1. The molecular formula is C11H15FN2. The number of hydrogen-bond donors (Lipinski definition) is 1. The van der Waals surface area contributed by atoms with E-state index in [0.29, 0.717) is 5.92 Å². The van der Waals surface area contributed by atoms with Gasteiger partial charge in [0, 0.05) is 12.2 Å². The molecule has 0 radical (unpaired) electrons. The van der Waals surface area contributed by atoms with Gasteiger partial charge in [0.2, 0.25) is 0 Å². The Kier molecular flexibility index (Phi) is 2.77. The maximum atomic E-state index is 13.0. The molecule has 1 N–H and O–H groups in total. The second-order valence-corrected chi connectivity index (χ2v) is 3.89. The van der Waals surface area contributed by atoms with Crippen molar-refractivity contribution in [3.63, 3.8) is 0 Å². The largest absolute Gasteiger partial charge is 0.313 e. The molecule has 1 saturated carbocycles. The molecule has 0 bridgehead atoms. The molecule has 1 aliphatic carbocycles. The third-order valence-corrected chi connectivity index (χ3v) is 3.02. The minimum atomic E-state index is -0.248. The molecule has 3 heteroatoms. The molecule has 1 aliphatic rings. The van der Waals surface area contributed by atoms with Crippen molar-refractivity contribution in [3.8, 4) is 0 Å². The predicted molar refractivity (Wildman–Crippen MR) is 53.3 cm³/mol. The highest BCUT2D eigenvalue weighted by Crippen LogP contribution is 2.37. The second kappa shape index (κ2) is 4.05. The molecule has 0 aromatic carbocycles. The van der Waals surface area contributed by atoms with E-state index >= 15 is 0 Å². The molecule has 14 heavy (non-hydrogen) atoms. The van der Waals surface area contributed by atoms with Crippen molar-refractivity contribution in [2.24, 2.45) is 5.92 Å². The Morgan fingerprint density at radius 2 is 2.29 bits per heavy atom. The van der Waals surface area contributed by atoms with E-state index < -0.39 is 0 Å². The van der Waals surface area contributed by atoms with Crippen molar-refractivity contribution in [2.45, 2.75) is 25.3 Å². The monoisotopic (exact) mass is 194 g/mol. The minimum absolute atomic E-state index is 0.248. The van der Waals surface area contributed by atoms with Gasteiger partial charge in [-0.05, 0) is 37.4 Å². The van der Waals surface area contributed by atoms with Crippen molar-refractivity contribution in [3.05, 3.63) is 29.8 Å². The molecule has 1 unspecified atom stereocenters. The summed E-state index contributed by atoms with van der Waals surface area (Å²) in [5, 5.41) is 3.24. The lowest BCUT2D eigenvalue weighted by Gasteiger charge is -2.33. The Morgan fingerprint density at radius 1 is 1.50 bits per heavy atom. The highest BCUT2D eigenvalue weighted by atomic mass is 19.1. The van der Waals surface area contributed by atoms with Gasteiger partial charge < -0.3 is 5.32 Å². The van der Waals surface area contributed by atoms with E-state index in [1.165, 1.54) is 25.5 Å². The zero-order valence-corrected chi connectivity index (χ0v) is 8.33. The molecule has 1 aromatic heterocycles. The van der Waals surface area contributed by atoms with Gasteiger partial charge >= 0.3 is 0 Å². The Labute approximate surface area is 83.6 Å². The van der Waals surface area contributed by atoms with Crippen LogP contribution in [-0.2, 0) is 0 Å². The van der Waals surface area contributed by atoms with Crippen molar-refractivity contribution in [2.75, 3.05) is 7.05 Å². The summed E-state index contributed by atoms with van der Waals surface area (Å²) < 4.78 is 13.0. The zero-order valence-electron chi connectivity index (χ0n) is 8.33. The average Bonchev–Trinajstić information content (AvgIpc) is 2.10. The van der Waals surface area contributed by atoms with E-state index in [4.69, 9.17) is 0 Å². The van der Waals surface area contributed by atoms with Crippen molar-refractivity contribution < 1.29 is 4.39 Å². The molecule has 1 heterocycles. The predicted octanol–water partition coefficient (Wildman–Crippen LogP) is 2.28. The lowest BCUT2D eigenvalue weighted by molar-refractivity contribution is 0.239. The fourth-order valence-corrected chi connectivity index (χ4v) is 2.05. The van der Waals surface area contributed by atoms with E-state index in [1.54, 1.807) is 12.3 Å². The Bertz CT molecular complexity index is 310. The van der Waals surface area contributed by atoms with Crippen LogP contribution in [0.4, 0.5) is 4.39 Å². The maximum absolute atomic E-state index is 13.0. The number of nitrogens with one attached hydrogen (secondary N) is 1. The van der Waals surface area contributed by atoms with Gasteiger partial charge in [0.25, 0.3) is 0 Å². The van der Waals surface area contributed by atoms with Crippen LogP contribution >= 0.6 is 0 Å². The topological polar surface area (TPSA) is 24.9 Å². The van der Waals surface area contributed by atoms with Gasteiger partial charge in [-0.15, -0.1) is 0 Å². The Hall–Kier alpha value is -0.960. The summed E-state index contributed by atoms with van der Waals surface area (Å²) in [7, 11) is 1.92. The number of nitrogens with zero attached hydrogens (tertiary/aromatic N) is 1. The van der Waals surface area contributed by atoms with Gasteiger partial charge in [-0.3, -0.25) is 4.98 Å². The molecule has 0 spiro atoms. The van der Waals surface area contributed by atoms with Crippen molar-refractivity contribution >= 4 is 0 Å². The van der Waals surface area contributed by atoms with Crippen LogP contribution in [-0.4, -0.2) is 12.0 Å². The van der Waals surface area contributed by atoms with Gasteiger partial charge in [-0.2, -0.15) is 0 Å². The van der Waals surface area contributed by atoms with Crippen LogP contribution in [0.25, 0.3) is 0 Å². The molecule has 1 aromatic rings. The van der Waals surface area contributed by atoms with Gasteiger partial charge in [0.05, 0.1) is 6.20 Å². The van der Waals surface area contributed by atoms with Crippen LogP contribution in [0.5, 0.6) is 0 Å². The summed E-state index contributed by atoms with van der Waals surface area (Å²) in [5.41, 5.74) is 0.970. The highest BCUT2D eigenvalue weighted by molar-refractivity contribution is 5.16. The standard InChI is InChI=1S/C11H15FN2/c1-13-11(8-3-2-4-8)9-5-10(12)7-14-6-9/h5-8,11,13H,2-4H2,1H3. The van der Waals surface area contributed by atoms with E-state index in [1.807, 2.05) is 7.05 Å². The Balaban J connectivity index is 2.17. The van der Waals surface area contributed by atoms with Gasteiger partial charge in [-0.1, -0.05) is 6.42 Å². The summed E-state index contributed by atoms with van der Waals surface area (Å²) in [6.07, 6.45) is 6.77. The summed E-state index contributed by atoms with van der Waals surface area (Å²) in [5.74, 6) is 0.408. The molecule has 2 nitrogen and oxygen atoms in total. The van der Waals surface area contributed by atoms with Gasteiger partial charge in [0.15, 0.2) is 0 Å². The molecule has 0 amide bonds. The summed E-state index contributed by atoms with van der Waals surface area (Å²) in [6.45, 7) is 0. The average molecular weight is 194 g/mol. The Morgan fingerprint density at radius 3 is 2.79 bits per heavy atom. The highest BCUT2D eigenvalue weighted by Gasteiger charge is 2.27. The molecular weight excluding hydrogens is 179 g/mol. The lowest BCUT2D eigenvalue weighted by Crippen LogP contribution is -2.29. The maximum Gasteiger partial charge on any atom is 0.141 e. The number of hydrogen-bond acceptors (Lipinski definition) is 2. The van der Waals surface area contributed by atoms with Crippen LogP contribution in [0.15, 0.2) is 18.5 Å². The minimum Gasteiger partial charge on any atom is -0.313 e. The fourth-order valence-electron chi connectivity index (χ4n) is 2.05. The second-order valence-electron chi connectivity index (χ2n) is 3.89. The molecule has 1 fully saturated rings. The number of pyridine rings is 1. The molecule has 2 rings (SSSR count). The number of halogens is 1. The fraction of sp³-hybridized carbons (Fsp3) is 0.545. The third-order valence-electron chi connectivity index (χ3n) is 3.02. The van der Waals surface area contributed by atoms with Gasteiger partial charge in [-0.25, -0.2) is 4.39 Å². The molecule has 1 atom stereocenters. The van der Waals surface area contributed by atoms with E-state index in [0.717, 1.165) is 5.56 Å². The normalized spacial score (nSPS) is 19.0. The lowest BCUT2D eigenvalue weighted by atomic mass is 9.77. The quantitative estimate of drug-likeness (QED) is 0.798. The van der Waals surface area contributed by atoms with E-state index in [2.05, 4.69) is 10.3 Å². The van der Waals surface area contributed by atoms with Crippen LogP contribution < -0.4 is 5.32 Å². The smallest absolute Gasteiger partial charge is 0.141 e. The van der Waals surface area contributed by atoms with Crippen molar-refractivity contribution in [1.82, 2.24) is 10.3 Å². The third kappa shape index (κ3) is 1.77. The molecule has 0 saturated heterocycles. The van der Waals surface area contributed by atoms with Crippen LogP contribution in [0.1, 0.15) is 30.9 Å². The molecule has 76 valence electrons. The summed E-state index contributed by atoms with van der Waals surface area (Å²) in [6, 6.07) is 1.85. The van der Waals surface area contributed by atoms with E-state index in [-0.39, 0.29) is 11.9 Å². The van der Waals surface area contributed by atoms with Crippen LogP contribution in [0.3, 0.4) is 0 Å². The van der Waals surface area contributed by atoms with Crippen molar-refractivity contribution in [1.29, 1.82) is 0 Å². The van der Waals surface area contributed by atoms with Gasteiger partial charge in [0.1, 0.15) is 5.82 Å². The first-order chi connectivity index (χ1) is 6.81.